The molecule has 6 heteroatoms. The molecule has 1 N–H and O–H groups in total. The second kappa shape index (κ2) is 7.26. The Hall–Kier alpha value is -2.89. The van der Waals surface area contributed by atoms with E-state index in [-0.39, 0.29) is 5.91 Å². The molecule has 6 nitrogen and oxygen atoms in total. The molecule has 0 saturated heterocycles. The zero-order chi connectivity index (χ0) is 19.8. The number of pyridine rings is 1. The van der Waals surface area contributed by atoms with Gasteiger partial charge in [0.05, 0.1) is 16.6 Å². The van der Waals surface area contributed by atoms with Crippen LogP contribution in [-0.4, -0.2) is 33.8 Å². The lowest BCUT2D eigenvalue weighted by Crippen LogP contribution is -2.21. The molecule has 1 aliphatic carbocycles. The lowest BCUT2D eigenvalue weighted by atomic mass is 10.1. The Kier molecular flexibility index (Phi) is 4.79. The first-order chi connectivity index (χ1) is 13.5. The van der Waals surface area contributed by atoms with Crippen molar-refractivity contribution in [2.45, 2.75) is 39.5 Å². The normalized spacial score (nSPS) is 13.7. The summed E-state index contributed by atoms with van der Waals surface area (Å²) >= 11 is 0. The van der Waals surface area contributed by atoms with Crippen LogP contribution in [0.4, 0.5) is 11.4 Å². The summed E-state index contributed by atoms with van der Waals surface area (Å²) in [5, 5.41) is 8.37. The van der Waals surface area contributed by atoms with Gasteiger partial charge in [0.15, 0.2) is 5.65 Å². The SMILES string of the molecule is CCN(CC)c1ccc(NC(=O)c2cc(C3CC3)nc3c2c(C)nn3C)cc1. The van der Waals surface area contributed by atoms with Crippen molar-refractivity contribution in [2.24, 2.45) is 7.05 Å². The van der Waals surface area contributed by atoms with Crippen molar-refractivity contribution in [3.63, 3.8) is 0 Å². The summed E-state index contributed by atoms with van der Waals surface area (Å²) in [6, 6.07) is 9.98. The molecule has 1 saturated carbocycles. The fourth-order valence-electron chi connectivity index (χ4n) is 3.77. The van der Waals surface area contributed by atoms with E-state index >= 15 is 0 Å². The van der Waals surface area contributed by atoms with Crippen LogP contribution in [0.2, 0.25) is 0 Å². The summed E-state index contributed by atoms with van der Waals surface area (Å²) in [6.45, 7) is 8.13. The summed E-state index contributed by atoms with van der Waals surface area (Å²) < 4.78 is 1.77. The number of carbonyl (C=O) groups is 1. The molecule has 1 amide bonds. The Morgan fingerprint density at radius 2 is 1.89 bits per heavy atom. The molecule has 28 heavy (non-hydrogen) atoms. The van der Waals surface area contributed by atoms with E-state index in [1.54, 1.807) is 4.68 Å². The maximum absolute atomic E-state index is 13.1. The minimum absolute atomic E-state index is 0.110. The predicted molar refractivity (Wildman–Crippen MR) is 113 cm³/mol. The van der Waals surface area contributed by atoms with Crippen molar-refractivity contribution in [1.82, 2.24) is 14.8 Å². The van der Waals surface area contributed by atoms with Crippen LogP contribution in [0.15, 0.2) is 30.3 Å². The van der Waals surface area contributed by atoms with Gasteiger partial charge in [-0.05, 0) is 63.9 Å². The van der Waals surface area contributed by atoms with Gasteiger partial charge < -0.3 is 10.2 Å². The van der Waals surface area contributed by atoms with Gasteiger partial charge in [0.1, 0.15) is 0 Å². The van der Waals surface area contributed by atoms with Gasteiger partial charge in [-0.15, -0.1) is 0 Å². The van der Waals surface area contributed by atoms with Crippen molar-refractivity contribution in [3.05, 3.63) is 47.3 Å². The molecule has 0 bridgehead atoms. The fourth-order valence-corrected chi connectivity index (χ4v) is 3.77. The molecular weight excluding hydrogens is 350 g/mol. The maximum Gasteiger partial charge on any atom is 0.256 e. The van der Waals surface area contributed by atoms with Crippen molar-refractivity contribution in [3.8, 4) is 0 Å². The average molecular weight is 377 g/mol. The van der Waals surface area contributed by atoms with Crippen LogP contribution in [0.25, 0.3) is 11.0 Å². The first-order valence-electron chi connectivity index (χ1n) is 10.0. The summed E-state index contributed by atoms with van der Waals surface area (Å²) in [7, 11) is 1.88. The van der Waals surface area contributed by atoms with Gasteiger partial charge in [-0.2, -0.15) is 5.10 Å². The van der Waals surface area contributed by atoms with Crippen LogP contribution < -0.4 is 10.2 Å². The number of anilines is 2. The number of hydrogen-bond acceptors (Lipinski definition) is 4. The first-order valence-corrected chi connectivity index (χ1v) is 10.0. The number of rotatable bonds is 6. The molecule has 3 aromatic rings. The Balaban J connectivity index is 1.65. The molecule has 0 unspecified atom stereocenters. The molecule has 0 aliphatic heterocycles. The highest BCUT2D eigenvalue weighted by Crippen LogP contribution is 2.40. The number of benzene rings is 1. The number of aromatic nitrogens is 3. The van der Waals surface area contributed by atoms with Crippen LogP contribution in [0.3, 0.4) is 0 Å². The van der Waals surface area contributed by atoms with Crippen LogP contribution in [-0.2, 0) is 7.05 Å². The highest BCUT2D eigenvalue weighted by atomic mass is 16.1. The predicted octanol–water partition coefficient (Wildman–Crippen LogP) is 4.25. The van der Waals surface area contributed by atoms with Gasteiger partial charge in [-0.3, -0.25) is 9.48 Å². The van der Waals surface area contributed by atoms with E-state index < -0.39 is 0 Å². The number of nitrogens with one attached hydrogen (secondary N) is 1. The maximum atomic E-state index is 13.1. The Morgan fingerprint density at radius 3 is 2.50 bits per heavy atom. The number of amides is 1. The van der Waals surface area contributed by atoms with Gasteiger partial charge in [-0.25, -0.2) is 4.98 Å². The number of nitrogens with zero attached hydrogens (tertiary/aromatic N) is 4. The summed E-state index contributed by atoms with van der Waals surface area (Å²) in [5.41, 5.74) is 5.22. The van der Waals surface area contributed by atoms with Gasteiger partial charge in [0, 0.05) is 43.1 Å². The number of fused-ring (bicyclic) bond motifs is 1. The summed E-state index contributed by atoms with van der Waals surface area (Å²) in [5.74, 6) is 0.362. The van der Waals surface area contributed by atoms with Crippen LogP contribution >= 0.6 is 0 Å². The van der Waals surface area contributed by atoms with E-state index in [0.717, 1.165) is 59.7 Å². The third-order valence-corrected chi connectivity index (χ3v) is 5.48. The highest BCUT2D eigenvalue weighted by Gasteiger charge is 2.28. The number of aryl methyl sites for hydroxylation is 2. The summed E-state index contributed by atoms with van der Waals surface area (Å²) in [4.78, 5) is 20.2. The number of carbonyl (C=O) groups excluding carboxylic acids is 1. The molecule has 2 aromatic heterocycles. The molecule has 1 fully saturated rings. The van der Waals surface area contributed by atoms with Gasteiger partial charge in [0.25, 0.3) is 5.91 Å². The Labute approximate surface area is 165 Å². The zero-order valence-corrected chi connectivity index (χ0v) is 17.0. The third-order valence-electron chi connectivity index (χ3n) is 5.48. The van der Waals surface area contributed by atoms with E-state index in [4.69, 9.17) is 4.98 Å². The van der Waals surface area contributed by atoms with Gasteiger partial charge in [-0.1, -0.05) is 0 Å². The zero-order valence-electron chi connectivity index (χ0n) is 17.0. The summed E-state index contributed by atoms with van der Waals surface area (Å²) in [6.07, 6.45) is 2.28. The van der Waals surface area contributed by atoms with Crippen molar-refractivity contribution < 1.29 is 4.79 Å². The molecule has 0 radical (unpaired) electrons. The van der Waals surface area contributed by atoms with Crippen LogP contribution in [0.5, 0.6) is 0 Å². The minimum atomic E-state index is -0.110. The van der Waals surface area contributed by atoms with Crippen molar-refractivity contribution in [1.29, 1.82) is 0 Å². The Bertz CT molecular complexity index is 1010. The molecule has 4 rings (SSSR count). The largest absolute Gasteiger partial charge is 0.372 e. The topological polar surface area (TPSA) is 63.1 Å². The van der Waals surface area contributed by atoms with E-state index in [9.17, 15) is 4.79 Å². The average Bonchev–Trinajstić information content (AvgIpc) is 3.50. The van der Waals surface area contributed by atoms with Gasteiger partial charge in [0.2, 0.25) is 0 Å². The molecule has 1 aromatic carbocycles. The molecule has 2 heterocycles. The monoisotopic (exact) mass is 377 g/mol. The van der Waals surface area contributed by atoms with Crippen molar-refractivity contribution >= 4 is 28.3 Å². The van der Waals surface area contributed by atoms with Crippen LogP contribution in [0, 0.1) is 6.92 Å². The second-order valence-electron chi connectivity index (χ2n) is 7.45. The highest BCUT2D eigenvalue weighted by molar-refractivity contribution is 6.12. The lowest BCUT2D eigenvalue weighted by Gasteiger charge is -2.21. The smallest absolute Gasteiger partial charge is 0.256 e. The van der Waals surface area contributed by atoms with Gasteiger partial charge >= 0.3 is 0 Å². The van der Waals surface area contributed by atoms with E-state index in [0.29, 0.717) is 11.5 Å². The number of hydrogen-bond donors (Lipinski definition) is 1. The van der Waals surface area contributed by atoms with E-state index in [1.807, 2.05) is 32.2 Å². The van der Waals surface area contributed by atoms with E-state index in [2.05, 4.69) is 41.3 Å². The fraction of sp³-hybridized carbons (Fsp3) is 0.409. The second-order valence-corrected chi connectivity index (χ2v) is 7.45. The third kappa shape index (κ3) is 3.35. The van der Waals surface area contributed by atoms with Crippen LogP contribution in [0.1, 0.15) is 54.4 Å². The Morgan fingerprint density at radius 1 is 1.21 bits per heavy atom. The quantitative estimate of drug-likeness (QED) is 0.697. The standard InChI is InChI=1S/C22H27N5O/c1-5-27(6-2)17-11-9-16(10-12-17)23-22(28)18-13-19(15-7-8-15)24-21-20(18)14(3)25-26(21)4/h9-13,15H,5-8H2,1-4H3,(H,23,28). The van der Waals surface area contributed by atoms with Crippen molar-refractivity contribution in [2.75, 3.05) is 23.3 Å². The molecule has 0 spiro atoms. The molecular formula is C22H27N5O. The van der Waals surface area contributed by atoms with E-state index in [1.165, 1.54) is 0 Å². The first kappa shape index (κ1) is 18.5. The minimum Gasteiger partial charge on any atom is -0.372 e. The molecule has 0 atom stereocenters. The molecule has 1 aliphatic rings. The lowest BCUT2D eigenvalue weighted by molar-refractivity contribution is 0.102. The molecule has 146 valence electrons.